The van der Waals surface area contributed by atoms with Crippen LogP contribution in [0.15, 0.2) is 95.8 Å². The van der Waals surface area contributed by atoms with E-state index in [9.17, 15) is 14.4 Å². The van der Waals surface area contributed by atoms with Crippen LogP contribution in [0.25, 0.3) is 11.1 Å². The van der Waals surface area contributed by atoms with Crippen molar-refractivity contribution in [2.75, 3.05) is 5.32 Å². The summed E-state index contributed by atoms with van der Waals surface area (Å²) in [5.74, 6) is 0. The predicted octanol–water partition coefficient (Wildman–Crippen LogP) is 5.99. The van der Waals surface area contributed by atoms with E-state index in [2.05, 4.69) is 20.8 Å². The molecule has 0 saturated heterocycles. The maximum absolute atomic E-state index is 12.6. The quantitative estimate of drug-likeness (QED) is 0.252. The van der Waals surface area contributed by atoms with E-state index >= 15 is 0 Å². The minimum atomic E-state index is -0.644. The lowest BCUT2D eigenvalue weighted by Gasteiger charge is -2.24. The van der Waals surface area contributed by atoms with Gasteiger partial charge in [-0.2, -0.15) is 5.10 Å². The fourth-order valence-corrected chi connectivity index (χ4v) is 3.97. The van der Waals surface area contributed by atoms with Crippen LogP contribution < -0.4 is 16.2 Å². The number of anilines is 1. The van der Waals surface area contributed by atoms with Gasteiger partial charge in [0.05, 0.1) is 17.3 Å². The highest BCUT2D eigenvalue weighted by molar-refractivity contribution is 5.85. The molecule has 0 fully saturated rings. The lowest BCUT2D eigenvalue weighted by Crippen LogP contribution is -2.36. The van der Waals surface area contributed by atoms with Crippen molar-refractivity contribution in [1.29, 1.82) is 0 Å². The van der Waals surface area contributed by atoms with Gasteiger partial charge in [0.2, 0.25) is 0 Å². The SMILES string of the molecule is CC(C)(C)OC(=O)N[C@@H](Cc1cc(-c2ccc(NC(=O)OCc3ccccc3)cc2)c(=O)[nH]n1)c1ccccc1. The second-order valence-electron chi connectivity index (χ2n) is 10.2. The van der Waals surface area contributed by atoms with Crippen LogP contribution >= 0.6 is 0 Å². The molecule has 1 heterocycles. The Morgan fingerprint density at radius 2 is 1.55 bits per heavy atom. The minimum absolute atomic E-state index is 0.159. The van der Waals surface area contributed by atoms with Gasteiger partial charge in [-0.25, -0.2) is 14.7 Å². The second-order valence-corrected chi connectivity index (χ2v) is 10.2. The molecule has 0 radical (unpaired) electrons. The smallest absolute Gasteiger partial charge is 0.411 e. The van der Waals surface area contributed by atoms with Crippen molar-refractivity contribution in [3.05, 3.63) is 118 Å². The Balaban J connectivity index is 1.46. The number of rotatable bonds is 8. The normalized spacial score (nSPS) is 11.8. The first-order chi connectivity index (χ1) is 19.2. The van der Waals surface area contributed by atoms with E-state index in [1.54, 1.807) is 51.1 Å². The van der Waals surface area contributed by atoms with Crippen molar-refractivity contribution in [1.82, 2.24) is 15.5 Å². The summed E-state index contributed by atoms with van der Waals surface area (Å²) in [6.07, 6.45) is -0.804. The molecule has 0 aliphatic carbocycles. The molecule has 3 aromatic carbocycles. The number of nitrogens with zero attached hydrogens (tertiary/aromatic N) is 1. The Labute approximate surface area is 232 Å². The van der Waals surface area contributed by atoms with Crippen LogP contribution in [0.1, 0.15) is 43.6 Å². The van der Waals surface area contributed by atoms with Gasteiger partial charge < -0.3 is 14.8 Å². The molecule has 0 bridgehead atoms. The number of amides is 2. The van der Waals surface area contributed by atoms with Crippen LogP contribution in [0, 0.1) is 0 Å². The number of carbonyl (C=O) groups excluding carboxylic acids is 2. The van der Waals surface area contributed by atoms with E-state index < -0.39 is 23.8 Å². The van der Waals surface area contributed by atoms with Gasteiger partial charge in [-0.1, -0.05) is 72.8 Å². The van der Waals surface area contributed by atoms with Gasteiger partial charge >= 0.3 is 12.2 Å². The highest BCUT2D eigenvalue weighted by Crippen LogP contribution is 2.22. The number of alkyl carbamates (subject to hydrolysis) is 1. The minimum Gasteiger partial charge on any atom is -0.444 e. The zero-order valence-corrected chi connectivity index (χ0v) is 22.6. The molecule has 4 aromatic rings. The highest BCUT2D eigenvalue weighted by atomic mass is 16.6. The summed E-state index contributed by atoms with van der Waals surface area (Å²) in [5.41, 5.74) is 2.91. The Morgan fingerprint density at radius 3 is 2.20 bits per heavy atom. The molecule has 206 valence electrons. The zero-order chi connectivity index (χ0) is 28.5. The molecule has 0 unspecified atom stereocenters. The van der Waals surface area contributed by atoms with E-state index in [4.69, 9.17) is 9.47 Å². The second kappa shape index (κ2) is 12.8. The summed E-state index contributed by atoms with van der Waals surface area (Å²) < 4.78 is 10.7. The molecule has 1 atom stereocenters. The Kier molecular flexibility index (Phi) is 8.96. The van der Waals surface area contributed by atoms with Crippen molar-refractivity contribution >= 4 is 17.9 Å². The molecule has 0 saturated carbocycles. The number of benzene rings is 3. The maximum atomic E-state index is 12.6. The first-order valence-electron chi connectivity index (χ1n) is 12.9. The Bertz CT molecular complexity index is 1480. The van der Waals surface area contributed by atoms with Gasteiger partial charge in [0.15, 0.2) is 0 Å². The largest absolute Gasteiger partial charge is 0.444 e. The number of H-pyrrole nitrogens is 1. The van der Waals surface area contributed by atoms with Crippen LogP contribution in [0.2, 0.25) is 0 Å². The molecule has 9 nitrogen and oxygen atoms in total. The average molecular weight is 541 g/mol. The Hall–Kier alpha value is -4.92. The van der Waals surface area contributed by atoms with Crippen molar-refractivity contribution in [2.24, 2.45) is 0 Å². The van der Waals surface area contributed by atoms with Crippen LogP contribution in [0.3, 0.4) is 0 Å². The third kappa shape index (κ3) is 8.29. The number of carbonyl (C=O) groups is 2. The molecule has 9 heteroatoms. The van der Waals surface area contributed by atoms with Crippen LogP contribution in [-0.2, 0) is 22.5 Å². The van der Waals surface area contributed by atoms with Gasteiger partial charge in [-0.05, 0) is 55.7 Å². The lowest BCUT2D eigenvalue weighted by atomic mass is 10.00. The molecule has 4 rings (SSSR count). The van der Waals surface area contributed by atoms with Gasteiger partial charge in [0.1, 0.15) is 12.2 Å². The maximum Gasteiger partial charge on any atom is 0.411 e. The molecule has 0 spiro atoms. The predicted molar refractivity (Wildman–Crippen MR) is 153 cm³/mol. The molecule has 3 N–H and O–H groups in total. The van der Waals surface area contributed by atoms with Crippen LogP contribution in [0.4, 0.5) is 15.3 Å². The van der Waals surface area contributed by atoms with Crippen molar-refractivity contribution in [3.8, 4) is 11.1 Å². The summed E-state index contributed by atoms with van der Waals surface area (Å²) in [6, 6.07) is 27.0. The van der Waals surface area contributed by atoms with Crippen LogP contribution in [-0.4, -0.2) is 28.0 Å². The molecule has 40 heavy (non-hydrogen) atoms. The number of nitrogens with one attached hydrogen (secondary N) is 3. The first kappa shape index (κ1) is 28.1. The summed E-state index contributed by atoms with van der Waals surface area (Å²) in [6.45, 7) is 5.56. The highest BCUT2D eigenvalue weighted by Gasteiger charge is 2.22. The number of ether oxygens (including phenoxy) is 2. The molecule has 0 aliphatic rings. The topological polar surface area (TPSA) is 122 Å². The van der Waals surface area contributed by atoms with Crippen molar-refractivity contribution in [3.63, 3.8) is 0 Å². The standard InChI is InChI=1S/C31H32N4O5/c1-31(2,3)40-30(38)33-27(23-12-8-5-9-13-23)19-25-18-26(28(36)35-34-25)22-14-16-24(17-15-22)32-29(37)39-20-21-10-6-4-7-11-21/h4-18,27H,19-20H2,1-3H3,(H,32,37)(H,33,38)(H,35,36)/t27-/m0/s1. The summed E-state index contributed by atoms with van der Waals surface area (Å²) in [7, 11) is 0. The fourth-order valence-electron chi connectivity index (χ4n) is 3.97. The molecule has 0 aliphatic heterocycles. The van der Waals surface area contributed by atoms with E-state index in [0.29, 0.717) is 28.9 Å². The third-order valence-electron chi connectivity index (χ3n) is 5.82. The van der Waals surface area contributed by atoms with Crippen molar-refractivity contribution < 1.29 is 19.1 Å². The van der Waals surface area contributed by atoms with E-state index in [1.165, 1.54) is 0 Å². The molecule has 2 amide bonds. The monoisotopic (exact) mass is 540 g/mol. The number of aromatic amines is 1. The number of aromatic nitrogens is 2. The van der Waals surface area contributed by atoms with Gasteiger partial charge in [0.25, 0.3) is 5.56 Å². The summed E-state index contributed by atoms with van der Waals surface area (Å²) in [4.78, 5) is 37.4. The Morgan fingerprint density at radius 1 is 0.900 bits per heavy atom. The van der Waals surface area contributed by atoms with Gasteiger partial charge in [-0.3, -0.25) is 10.1 Å². The third-order valence-corrected chi connectivity index (χ3v) is 5.82. The summed E-state index contributed by atoms with van der Waals surface area (Å²) >= 11 is 0. The summed E-state index contributed by atoms with van der Waals surface area (Å²) in [5, 5.41) is 12.4. The van der Waals surface area contributed by atoms with E-state index in [-0.39, 0.29) is 12.2 Å². The zero-order valence-electron chi connectivity index (χ0n) is 22.6. The van der Waals surface area contributed by atoms with Gasteiger partial charge in [-0.15, -0.1) is 0 Å². The lowest BCUT2D eigenvalue weighted by molar-refractivity contribution is 0.0503. The van der Waals surface area contributed by atoms with Crippen molar-refractivity contribution in [2.45, 2.75) is 45.4 Å². The van der Waals surface area contributed by atoms with E-state index in [1.807, 2.05) is 60.7 Å². The number of hydrogen-bond acceptors (Lipinski definition) is 6. The molecular formula is C31H32N4O5. The van der Waals surface area contributed by atoms with Gasteiger partial charge in [0, 0.05) is 12.1 Å². The molecule has 1 aromatic heterocycles. The molecular weight excluding hydrogens is 508 g/mol. The number of hydrogen-bond donors (Lipinski definition) is 3. The van der Waals surface area contributed by atoms with Crippen LogP contribution in [0.5, 0.6) is 0 Å². The fraction of sp³-hybridized carbons (Fsp3) is 0.226. The first-order valence-corrected chi connectivity index (χ1v) is 12.9. The van der Waals surface area contributed by atoms with E-state index in [0.717, 1.165) is 11.1 Å². The average Bonchev–Trinajstić information content (AvgIpc) is 2.93.